The highest BCUT2D eigenvalue weighted by Gasteiger charge is 2.47. The molecule has 3 aromatic rings. The number of aryl methyl sites for hydroxylation is 1. The first-order valence-corrected chi connectivity index (χ1v) is 12.9. The Labute approximate surface area is 214 Å². The number of carbonyl (C=O) groups is 2. The van der Waals surface area contributed by atoms with E-state index in [2.05, 4.69) is 0 Å². The number of rotatable bonds is 9. The lowest BCUT2D eigenvalue weighted by Crippen LogP contribution is -2.29. The van der Waals surface area contributed by atoms with E-state index < -0.39 is 36.0 Å². The van der Waals surface area contributed by atoms with Crippen LogP contribution < -0.4 is 0 Å². The summed E-state index contributed by atoms with van der Waals surface area (Å²) in [5, 5.41) is 32.9. The molecule has 1 aliphatic carbocycles. The molecular formula is C29H30O6S. The lowest BCUT2D eigenvalue weighted by molar-refractivity contribution is -0.139. The maximum atomic E-state index is 13.0. The molecule has 1 fully saturated rings. The highest BCUT2D eigenvalue weighted by atomic mass is 32.1. The summed E-state index contributed by atoms with van der Waals surface area (Å²) in [6, 6.07) is 20.8. The molecule has 1 aromatic heterocycles. The number of carbonyl (C=O) groups excluding carboxylic acids is 1. The van der Waals surface area contributed by atoms with Gasteiger partial charge < -0.3 is 20.1 Å². The predicted octanol–water partition coefficient (Wildman–Crippen LogP) is 5.88. The minimum absolute atomic E-state index is 0.117. The Morgan fingerprint density at radius 3 is 2.31 bits per heavy atom. The van der Waals surface area contributed by atoms with Crippen LogP contribution in [0.5, 0.6) is 0 Å². The Kier molecular flexibility index (Phi) is 8.23. The Morgan fingerprint density at radius 2 is 1.67 bits per heavy atom. The first-order chi connectivity index (χ1) is 17.3. The van der Waals surface area contributed by atoms with Crippen LogP contribution in [0.4, 0.5) is 0 Å². The summed E-state index contributed by atoms with van der Waals surface area (Å²) in [6.07, 6.45) is -0.815. The van der Waals surface area contributed by atoms with Gasteiger partial charge in [-0.3, -0.25) is 4.79 Å². The van der Waals surface area contributed by atoms with E-state index in [1.807, 2.05) is 60.0 Å². The Bertz CT molecular complexity index is 1200. The maximum Gasteiger partial charge on any atom is 0.338 e. The second-order valence-electron chi connectivity index (χ2n) is 9.19. The van der Waals surface area contributed by atoms with Gasteiger partial charge in [-0.05, 0) is 53.6 Å². The van der Waals surface area contributed by atoms with Crippen molar-refractivity contribution in [1.82, 2.24) is 0 Å². The average Bonchev–Trinajstić information content (AvgIpc) is 3.50. The van der Waals surface area contributed by atoms with Crippen molar-refractivity contribution >= 4 is 23.3 Å². The molecule has 0 amide bonds. The van der Waals surface area contributed by atoms with Crippen molar-refractivity contribution in [2.75, 3.05) is 0 Å². The number of benzene rings is 2. The van der Waals surface area contributed by atoms with Crippen molar-refractivity contribution in [3.05, 3.63) is 93.9 Å². The van der Waals surface area contributed by atoms with Crippen molar-refractivity contribution in [3.63, 3.8) is 0 Å². The molecule has 0 aliphatic heterocycles. The number of aliphatic carboxylic acids is 1. The van der Waals surface area contributed by atoms with Crippen LogP contribution in [0.25, 0.3) is 11.1 Å². The Morgan fingerprint density at radius 1 is 0.972 bits per heavy atom. The van der Waals surface area contributed by atoms with E-state index >= 15 is 0 Å². The number of esters is 1. The fourth-order valence-corrected chi connectivity index (χ4v) is 5.69. The van der Waals surface area contributed by atoms with Crippen LogP contribution in [0.3, 0.4) is 0 Å². The second kappa shape index (κ2) is 11.5. The Hall–Kier alpha value is -3.42. The molecule has 2 aromatic carbocycles. The summed E-state index contributed by atoms with van der Waals surface area (Å²) in [6.45, 7) is 1.73. The normalized spacial score (nSPS) is 22.2. The van der Waals surface area contributed by atoms with E-state index in [1.165, 1.54) is 0 Å². The van der Waals surface area contributed by atoms with Gasteiger partial charge in [0.2, 0.25) is 0 Å². The number of aliphatic hydroxyl groups excluding tert-OH is 2. The van der Waals surface area contributed by atoms with Gasteiger partial charge in [0.25, 0.3) is 0 Å². The summed E-state index contributed by atoms with van der Waals surface area (Å²) in [5.74, 6) is -2.69. The summed E-state index contributed by atoms with van der Waals surface area (Å²) >= 11 is 1.60. The molecule has 1 aliphatic rings. The van der Waals surface area contributed by atoms with Gasteiger partial charge in [0.1, 0.15) is 6.10 Å². The van der Waals surface area contributed by atoms with Crippen molar-refractivity contribution in [1.29, 1.82) is 0 Å². The number of thiophene rings is 1. The van der Waals surface area contributed by atoms with E-state index in [9.17, 15) is 24.9 Å². The summed E-state index contributed by atoms with van der Waals surface area (Å²) in [4.78, 5) is 25.7. The zero-order valence-electron chi connectivity index (χ0n) is 20.0. The zero-order chi connectivity index (χ0) is 25.7. The lowest BCUT2D eigenvalue weighted by Gasteiger charge is -2.26. The number of hydrogen-bond acceptors (Lipinski definition) is 6. The fourth-order valence-electron chi connectivity index (χ4n) is 4.98. The van der Waals surface area contributed by atoms with E-state index in [0.717, 1.165) is 16.0 Å². The minimum Gasteiger partial charge on any atom is -0.512 e. The molecule has 3 N–H and O–H groups in total. The topological polar surface area (TPSA) is 104 Å². The first-order valence-electron chi connectivity index (χ1n) is 12.0. The van der Waals surface area contributed by atoms with Gasteiger partial charge in [0, 0.05) is 29.6 Å². The van der Waals surface area contributed by atoms with Gasteiger partial charge in [0.15, 0.2) is 0 Å². The van der Waals surface area contributed by atoms with E-state index in [-0.39, 0.29) is 18.6 Å². The quantitative estimate of drug-likeness (QED) is 0.247. The van der Waals surface area contributed by atoms with Crippen LogP contribution in [-0.2, 0) is 16.0 Å². The summed E-state index contributed by atoms with van der Waals surface area (Å²) in [5.41, 5.74) is 2.93. The smallest absolute Gasteiger partial charge is 0.338 e. The molecular weight excluding hydrogens is 476 g/mol. The van der Waals surface area contributed by atoms with Gasteiger partial charge in [-0.1, -0.05) is 48.5 Å². The van der Waals surface area contributed by atoms with E-state index in [1.54, 1.807) is 30.4 Å². The molecule has 0 radical (unpaired) electrons. The molecule has 188 valence electrons. The fraction of sp³-hybridized carbons (Fsp3) is 0.310. The zero-order valence-corrected chi connectivity index (χ0v) is 20.9. The lowest BCUT2D eigenvalue weighted by atomic mass is 9.84. The molecule has 1 saturated carbocycles. The van der Waals surface area contributed by atoms with Crippen LogP contribution in [0.15, 0.2) is 83.4 Å². The first kappa shape index (κ1) is 25.7. The van der Waals surface area contributed by atoms with Crippen molar-refractivity contribution in [2.45, 2.75) is 44.8 Å². The molecule has 36 heavy (non-hydrogen) atoms. The molecule has 6 nitrogen and oxygen atoms in total. The minimum atomic E-state index is -1.04. The third kappa shape index (κ3) is 6.04. The number of carboxylic acids is 1. The monoisotopic (exact) mass is 506 g/mol. The van der Waals surface area contributed by atoms with Gasteiger partial charge in [-0.15, -0.1) is 11.3 Å². The highest BCUT2D eigenvalue weighted by molar-refractivity contribution is 7.09. The molecule has 7 heteroatoms. The third-order valence-electron chi connectivity index (χ3n) is 6.87. The number of allylic oxidation sites excluding steroid dienone is 1. The largest absolute Gasteiger partial charge is 0.512 e. The number of ether oxygens (including phenoxy) is 1. The Balaban J connectivity index is 1.52. The number of aliphatic hydroxyl groups is 2. The highest BCUT2D eigenvalue weighted by Crippen LogP contribution is 2.42. The van der Waals surface area contributed by atoms with Crippen LogP contribution in [0.2, 0.25) is 0 Å². The van der Waals surface area contributed by atoms with Crippen LogP contribution in [0, 0.1) is 11.8 Å². The standard InChI is InChI=1S/C29H30O6S/c1-18(24(30)14-13-22-8-5-15-36-22)28-23(16-27(32)33)25(31)17-26(28)35-29(34)21-11-9-20(10-12-21)19-6-3-2-4-7-19/h2-12,15,23,25-26,28,30-31H,13-14,16-17H2,1H3,(H,32,33)/t23-,25+,26+,28+/m0/s1. The molecule has 4 atom stereocenters. The molecule has 0 spiro atoms. The third-order valence-corrected chi connectivity index (χ3v) is 7.81. The molecule has 0 saturated heterocycles. The van der Waals surface area contributed by atoms with Crippen LogP contribution in [-0.4, -0.2) is 39.5 Å². The number of carboxylic acid groups (broad SMARTS) is 1. The molecule has 0 bridgehead atoms. The molecule has 0 unspecified atom stereocenters. The van der Waals surface area contributed by atoms with E-state index in [0.29, 0.717) is 24.0 Å². The summed E-state index contributed by atoms with van der Waals surface area (Å²) < 4.78 is 5.82. The van der Waals surface area contributed by atoms with Crippen LogP contribution >= 0.6 is 11.3 Å². The molecule has 1 heterocycles. The average molecular weight is 507 g/mol. The van der Waals surface area contributed by atoms with Gasteiger partial charge >= 0.3 is 11.9 Å². The van der Waals surface area contributed by atoms with Gasteiger partial charge in [0.05, 0.1) is 23.8 Å². The summed E-state index contributed by atoms with van der Waals surface area (Å²) in [7, 11) is 0. The molecule has 4 rings (SSSR count). The number of hydrogen-bond donors (Lipinski definition) is 3. The van der Waals surface area contributed by atoms with Crippen LogP contribution in [0.1, 0.15) is 41.4 Å². The van der Waals surface area contributed by atoms with Crippen molar-refractivity contribution < 1.29 is 29.6 Å². The van der Waals surface area contributed by atoms with E-state index in [4.69, 9.17) is 4.74 Å². The SMILES string of the molecule is CC(=C(O)CCc1cccs1)[C@@H]1[C@@H](CC(=O)O)[C@H](O)C[C@H]1OC(=O)c1ccc(-c2ccccc2)cc1. The second-order valence-corrected chi connectivity index (χ2v) is 10.2. The van der Waals surface area contributed by atoms with Gasteiger partial charge in [-0.2, -0.15) is 0 Å². The van der Waals surface area contributed by atoms with Crippen molar-refractivity contribution in [3.8, 4) is 11.1 Å². The van der Waals surface area contributed by atoms with Gasteiger partial charge in [-0.25, -0.2) is 4.79 Å². The van der Waals surface area contributed by atoms with Crippen molar-refractivity contribution in [2.24, 2.45) is 11.8 Å². The maximum absolute atomic E-state index is 13.0. The predicted molar refractivity (Wildman–Crippen MR) is 139 cm³/mol.